The molecule has 1 aliphatic carbocycles. The molecule has 2 aromatic rings. The van der Waals surface area contributed by atoms with Gasteiger partial charge in [-0.25, -0.2) is 20.4 Å². The van der Waals surface area contributed by atoms with Crippen LogP contribution in [0.2, 0.25) is 0 Å². The summed E-state index contributed by atoms with van der Waals surface area (Å²) >= 11 is 0. The number of fused-ring (bicyclic) bond motifs is 1. The molecule has 1 saturated carbocycles. The second kappa shape index (κ2) is 11.6. The average molecular weight is 444 g/mol. The van der Waals surface area contributed by atoms with E-state index < -0.39 is 0 Å². The van der Waals surface area contributed by atoms with E-state index in [1.807, 2.05) is 25.1 Å². The first-order chi connectivity index (χ1) is 15.5. The lowest BCUT2D eigenvalue weighted by Crippen LogP contribution is -2.40. The summed E-state index contributed by atoms with van der Waals surface area (Å²) in [4.78, 5) is 31.2. The van der Waals surface area contributed by atoms with Crippen LogP contribution in [0.3, 0.4) is 0 Å². The molecule has 5 N–H and O–H groups in total. The van der Waals surface area contributed by atoms with Crippen LogP contribution in [0.1, 0.15) is 48.3 Å². The molecule has 1 heterocycles. The lowest BCUT2D eigenvalue weighted by molar-refractivity contribution is 0.0938. The highest BCUT2D eigenvalue weighted by atomic mass is 16.6. The molecule has 0 bridgehead atoms. The van der Waals surface area contributed by atoms with Crippen LogP contribution in [-0.4, -0.2) is 61.3 Å². The van der Waals surface area contributed by atoms with Crippen LogP contribution >= 0.6 is 0 Å². The van der Waals surface area contributed by atoms with Gasteiger partial charge in [0.2, 0.25) is 11.8 Å². The van der Waals surface area contributed by atoms with Crippen molar-refractivity contribution in [2.75, 3.05) is 32.7 Å². The van der Waals surface area contributed by atoms with Crippen molar-refractivity contribution in [2.45, 2.75) is 51.1 Å². The highest BCUT2D eigenvalue weighted by Gasteiger charge is 2.26. The summed E-state index contributed by atoms with van der Waals surface area (Å²) in [6, 6.07) is 5.91. The van der Waals surface area contributed by atoms with Crippen molar-refractivity contribution in [3.05, 3.63) is 29.6 Å². The van der Waals surface area contributed by atoms with Crippen molar-refractivity contribution in [1.82, 2.24) is 20.8 Å². The Balaban J connectivity index is 1.88. The number of hydrogen-bond acceptors (Lipinski definition) is 7. The van der Waals surface area contributed by atoms with Gasteiger partial charge in [-0.15, -0.1) is 0 Å². The molecule has 32 heavy (non-hydrogen) atoms. The van der Waals surface area contributed by atoms with Crippen molar-refractivity contribution in [3.8, 4) is 0 Å². The topological polar surface area (TPSA) is 136 Å². The summed E-state index contributed by atoms with van der Waals surface area (Å²) in [6.07, 6.45) is 4.70. The van der Waals surface area contributed by atoms with E-state index in [1.54, 1.807) is 7.11 Å². The van der Waals surface area contributed by atoms with Gasteiger partial charge in [0.1, 0.15) is 5.82 Å². The number of aryl methyl sites for hydroxylation is 1. The minimum absolute atomic E-state index is 0.0252. The summed E-state index contributed by atoms with van der Waals surface area (Å²) in [5.41, 5.74) is 10.3. The van der Waals surface area contributed by atoms with E-state index in [0.717, 1.165) is 43.1 Å². The molecule has 3 rings (SSSR count). The third kappa shape index (κ3) is 6.27. The number of amides is 1. The van der Waals surface area contributed by atoms with Crippen molar-refractivity contribution >= 4 is 28.6 Å². The van der Waals surface area contributed by atoms with Gasteiger partial charge in [0.05, 0.1) is 24.7 Å². The van der Waals surface area contributed by atoms with E-state index in [-0.39, 0.29) is 29.8 Å². The van der Waals surface area contributed by atoms with E-state index in [9.17, 15) is 4.79 Å². The number of methoxy groups -OCH3 is 1. The van der Waals surface area contributed by atoms with E-state index in [4.69, 9.17) is 15.3 Å². The van der Waals surface area contributed by atoms with Gasteiger partial charge in [-0.3, -0.25) is 9.63 Å². The Hall–Kier alpha value is -2.98. The lowest BCUT2D eigenvalue weighted by atomic mass is 9.90. The Morgan fingerprint density at radius 3 is 2.84 bits per heavy atom. The number of nitrogens with zero attached hydrogens (tertiary/aromatic N) is 3. The number of guanidine groups is 1. The van der Waals surface area contributed by atoms with Gasteiger partial charge in [-0.1, -0.05) is 24.5 Å². The molecule has 0 unspecified atom stereocenters. The minimum atomic E-state index is -0.307. The zero-order valence-corrected chi connectivity index (χ0v) is 19.0. The second-order valence-electron chi connectivity index (χ2n) is 7.94. The monoisotopic (exact) mass is 443 g/mol. The number of aliphatic imine (C=N–C) groups is 1. The molecule has 10 nitrogen and oxygen atoms in total. The second-order valence-corrected chi connectivity index (χ2v) is 7.94. The predicted molar refractivity (Wildman–Crippen MR) is 125 cm³/mol. The third-order valence-electron chi connectivity index (χ3n) is 5.43. The Kier molecular flexibility index (Phi) is 8.57. The van der Waals surface area contributed by atoms with Crippen molar-refractivity contribution in [3.63, 3.8) is 0 Å². The van der Waals surface area contributed by atoms with E-state index >= 15 is 0 Å². The first-order valence-corrected chi connectivity index (χ1v) is 11.0. The first-order valence-electron chi connectivity index (χ1n) is 11.0. The van der Waals surface area contributed by atoms with Crippen molar-refractivity contribution in [1.29, 1.82) is 0 Å². The summed E-state index contributed by atoms with van der Waals surface area (Å²) < 4.78 is 5.03. The Morgan fingerprint density at radius 2 is 2.06 bits per heavy atom. The maximum Gasteiger partial charge on any atom is 0.289 e. The molecule has 1 aliphatic rings. The fourth-order valence-corrected chi connectivity index (χ4v) is 3.87. The van der Waals surface area contributed by atoms with E-state index in [2.05, 4.69) is 31.1 Å². The zero-order valence-electron chi connectivity index (χ0n) is 19.0. The first kappa shape index (κ1) is 23.7. The van der Waals surface area contributed by atoms with Crippen LogP contribution < -0.4 is 21.8 Å². The summed E-state index contributed by atoms with van der Waals surface area (Å²) in [5, 5.41) is 7.27. The molecule has 10 heteroatoms. The molecule has 1 fully saturated rings. The number of hydrogen-bond donors (Lipinski definition) is 4. The van der Waals surface area contributed by atoms with E-state index in [0.29, 0.717) is 24.5 Å². The van der Waals surface area contributed by atoms with Gasteiger partial charge < -0.3 is 21.1 Å². The van der Waals surface area contributed by atoms with Crippen LogP contribution in [0, 0.1) is 6.92 Å². The molecular formula is C22H33N7O3. The van der Waals surface area contributed by atoms with Crippen LogP contribution in [0.25, 0.3) is 10.9 Å². The van der Waals surface area contributed by atoms with Gasteiger partial charge in [0.25, 0.3) is 5.91 Å². The van der Waals surface area contributed by atoms with Gasteiger partial charge in [0, 0.05) is 25.6 Å². The summed E-state index contributed by atoms with van der Waals surface area (Å²) in [6.45, 7) is 3.09. The van der Waals surface area contributed by atoms with Crippen molar-refractivity contribution < 1.29 is 14.4 Å². The number of aromatic nitrogens is 2. The van der Waals surface area contributed by atoms with Crippen LogP contribution in [-0.2, 0) is 9.57 Å². The molecule has 2 atom stereocenters. The van der Waals surface area contributed by atoms with Gasteiger partial charge in [-0.2, -0.15) is 0 Å². The maximum atomic E-state index is 12.7. The lowest BCUT2D eigenvalue weighted by Gasteiger charge is -2.30. The number of ether oxygens (including phenoxy) is 1. The maximum absolute atomic E-state index is 12.7. The summed E-state index contributed by atoms with van der Waals surface area (Å²) in [7, 11) is 3.13. The SMILES string of the molecule is COCCCNC(=O)c1nc(N[C@H]2CCCC[C@H]2N=C(N)NOC)c2cc(C)ccc2n1. The quantitative estimate of drug-likeness (QED) is 0.200. The number of nitrogens with two attached hydrogens (primary N) is 1. The number of rotatable bonds is 9. The fourth-order valence-electron chi connectivity index (χ4n) is 3.87. The number of benzene rings is 1. The standard InChI is InChI=1S/C22H33N7O3/c1-14-9-10-16-15(13-14)19(28-20(25-16)21(30)24-11-6-12-31-2)26-17-7-4-5-8-18(17)27-22(23)29-32-3/h9-10,13,17-18H,4-8,11-12H2,1-3H3,(H,24,30)(H3,23,27,29)(H,25,26,28)/t17-,18+/m0/s1. The molecule has 1 amide bonds. The van der Waals surface area contributed by atoms with Crippen LogP contribution in [0.4, 0.5) is 5.82 Å². The molecule has 0 aliphatic heterocycles. The molecule has 1 aromatic carbocycles. The number of nitrogens with one attached hydrogen (secondary N) is 3. The van der Waals surface area contributed by atoms with Crippen LogP contribution in [0.15, 0.2) is 23.2 Å². The van der Waals surface area contributed by atoms with Gasteiger partial charge in [-0.05, 0) is 38.3 Å². The highest BCUT2D eigenvalue weighted by Crippen LogP contribution is 2.28. The third-order valence-corrected chi connectivity index (χ3v) is 5.43. The van der Waals surface area contributed by atoms with Gasteiger partial charge >= 0.3 is 0 Å². The van der Waals surface area contributed by atoms with Gasteiger partial charge in [0.15, 0.2) is 0 Å². The fraction of sp³-hybridized carbons (Fsp3) is 0.545. The van der Waals surface area contributed by atoms with Crippen molar-refractivity contribution in [2.24, 2.45) is 10.7 Å². The number of carbonyl (C=O) groups is 1. The summed E-state index contributed by atoms with van der Waals surface area (Å²) in [5.74, 6) is 0.702. The molecule has 174 valence electrons. The van der Waals surface area contributed by atoms with Crippen LogP contribution in [0.5, 0.6) is 0 Å². The molecular weight excluding hydrogens is 410 g/mol. The molecule has 1 aromatic heterocycles. The minimum Gasteiger partial charge on any atom is -0.385 e. The molecule has 0 radical (unpaired) electrons. The Morgan fingerprint density at radius 1 is 1.25 bits per heavy atom. The largest absolute Gasteiger partial charge is 0.385 e. The normalized spacial score (nSPS) is 19.0. The molecule has 0 saturated heterocycles. The highest BCUT2D eigenvalue weighted by molar-refractivity contribution is 5.96. The average Bonchev–Trinajstić information content (AvgIpc) is 2.78. The predicted octanol–water partition coefficient (Wildman–Crippen LogP) is 1.89. The number of hydroxylamine groups is 1. The zero-order chi connectivity index (χ0) is 22.9. The number of carbonyl (C=O) groups excluding carboxylic acids is 1. The number of anilines is 1. The molecule has 0 spiro atoms. The Labute approximate surface area is 188 Å². The Bertz CT molecular complexity index is 951. The van der Waals surface area contributed by atoms with E-state index in [1.165, 1.54) is 7.11 Å². The smallest absolute Gasteiger partial charge is 0.289 e.